The summed E-state index contributed by atoms with van der Waals surface area (Å²) in [6, 6.07) is 4.15. The number of carbonyl (C=O) groups is 1. The molecule has 1 rings (SSSR count). The van der Waals surface area contributed by atoms with Crippen LogP contribution in [0.5, 0.6) is 0 Å². The summed E-state index contributed by atoms with van der Waals surface area (Å²) in [7, 11) is 0. The van der Waals surface area contributed by atoms with Crippen molar-refractivity contribution < 1.29 is 9.18 Å². The summed E-state index contributed by atoms with van der Waals surface area (Å²) in [6.45, 7) is 5.66. The SMILES string of the molecule is CCC(C)(C)C(=O)Nc1ccc(F)c(N)c1. The van der Waals surface area contributed by atoms with Crippen molar-refractivity contribution in [3.63, 3.8) is 0 Å². The van der Waals surface area contributed by atoms with Gasteiger partial charge in [0.15, 0.2) is 0 Å². The Kier molecular flexibility index (Phi) is 3.52. The molecule has 0 saturated carbocycles. The van der Waals surface area contributed by atoms with Gasteiger partial charge in [0.05, 0.1) is 5.69 Å². The van der Waals surface area contributed by atoms with Gasteiger partial charge in [0.25, 0.3) is 0 Å². The predicted octanol–water partition coefficient (Wildman–Crippen LogP) is 2.78. The number of nitrogens with one attached hydrogen (secondary N) is 1. The van der Waals surface area contributed by atoms with Crippen LogP contribution in [0.2, 0.25) is 0 Å². The zero-order valence-electron chi connectivity index (χ0n) is 9.80. The van der Waals surface area contributed by atoms with Gasteiger partial charge in [0.2, 0.25) is 5.91 Å². The number of hydrogen-bond acceptors (Lipinski definition) is 2. The van der Waals surface area contributed by atoms with Crippen molar-refractivity contribution in [1.29, 1.82) is 0 Å². The Hall–Kier alpha value is -1.58. The van der Waals surface area contributed by atoms with Gasteiger partial charge >= 0.3 is 0 Å². The normalized spacial score (nSPS) is 11.2. The van der Waals surface area contributed by atoms with Gasteiger partial charge in [0.1, 0.15) is 5.82 Å². The summed E-state index contributed by atoms with van der Waals surface area (Å²) in [5.74, 6) is -0.575. The summed E-state index contributed by atoms with van der Waals surface area (Å²) in [5.41, 5.74) is 5.52. The van der Waals surface area contributed by atoms with E-state index in [1.807, 2.05) is 20.8 Å². The Balaban J connectivity index is 2.82. The molecule has 0 aliphatic rings. The fourth-order valence-electron chi connectivity index (χ4n) is 1.08. The first-order valence-electron chi connectivity index (χ1n) is 5.23. The van der Waals surface area contributed by atoms with Crippen LogP contribution in [0.4, 0.5) is 15.8 Å². The van der Waals surface area contributed by atoms with Gasteiger partial charge in [0, 0.05) is 11.1 Å². The zero-order chi connectivity index (χ0) is 12.3. The van der Waals surface area contributed by atoms with Gasteiger partial charge in [-0.1, -0.05) is 20.8 Å². The van der Waals surface area contributed by atoms with Crippen molar-refractivity contribution in [2.45, 2.75) is 27.2 Å². The second-order valence-electron chi connectivity index (χ2n) is 4.43. The lowest BCUT2D eigenvalue weighted by atomic mass is 9.89. The highest BCUT2D eigenvalue weighted by Gasteiger charge is 2.25. The number of anilines is 2. The first-order chi connectivity index (χ1) is 7.36. The molecule has 0 atom stereocenters. The maximum atomic E-state index is 12.9. The molecule has 1 amide bonds. The summed E-state index contributed by atoms with van der Waals surface area (Å²) < 4.78 is 12.9. The van der Waals surface area contributed by atoms with Crippen molar-refractivity contribution in [3.05, 3.63) is 24.0 Å². The Morgan fingerprint density at radius 2 is 2.12 bits per heavy atom. The van der Waals surface area contributed by atoms with Crippen molar-refractivity contribution in [1.82, 2.24) is 0 Å². The minimum Gasteiger partial charge on any atom is -0.396 e. The van der Waals surface area contributed by atoms with Gasteiger partial charge in [-0.25, -0.2) is 4.39 Å². The first kappa shape index (κ1) is 12.5. The van der Waals surface area contributed by atoms with E-state index >= 15 is 0 Å². The van der Waals surface area contributed by atoms with Crippen LogP contribution in [0.3, 0.4) is 0 Å². The van der Waals surface area contributed by atoms with Crippen LogP contribution < -0.4 is 11.1 Å². The number of carbonyl (C=O) groups excluding carboxylic acids is 1. The molecular formula is C12H17FN2O. The lowest BCUT2D eigenvalue weighted by molar-refractivity contribution is -0.124. The Labute approximate surface area is 94.8 Å². The highest BCUT2D eigenvalue weighted by atomic mass is 19.1. The molecule has 0 aliphatic carbocycles. The summed E-state index contributed by atoms with van der Waals surface area (Å²) in [6.07, 6.45) is 0.732. The van der Waals surface area contributed by atoms with E-state index in [1.165, 1.54) is 18.2 Å². The second kappa shape index (κ2) is 4.51. The molecule has 16 heavy (non-hydrogen) atoms. The molecule has 0 aliphatic heterocycles. The van der Waals surface area contributed by atoms with E-state index in [4.69, 9.17) is 5.73 Å². The summed E-state index contributed by atoms with van der Waals surface area (Å²) in [4.78, 5) is 11.8. The van der Waals surface area contributed by atoms with E-state index in [0.717, 1.165) is 6.42 Å². The van der Waals surface area contributed by atoms with Crippen LogP contribution in [0.25, 0.3) is 0 Å². The molecule has 0 heterocycles. The van der Waals surface area contributed by atoms with E-state index in [2.05, 4.69) is 5.32 Å². The molecule has 0 radical (unpaired) electrons. The van der Waals surface area contributed by atoms with Gasteiger partial charge in [-0.2, -0.15) is 0 Å². The molecule has 88 valence electrons. The maximum Gasteiger partial charge on any atom is 0.230 e. The number of amides is 1. The van der Waals surface area contributed by atoms with Gasteiger partial charge in [-0.15, -0.1) is 0 Å². The van der Waals surface area contributed by atoms with Crippen LogP contribution in [-0.2, 0) is 4.79 Å². The van der Waals surface area contributed by atoms with Crippen LogP contribution >= 0.6 is 0 Å². The first-order valence-corrected chi connectivity index (χ1v) is 5.23. The predicted molar refractivity (Wildman–Crippen MR) is 63.5 cm³/mol. The van der Waals surface area contributed by atoms with Crippen molar-refractivity contribution in [2.24, 2.45) is 5.41 Å². The quantitative estimate of drug-likeness (QED) is 0.776. The van der Waals surface area contributed by atoms with E-state index < -0.39 is 11.2 Å². The van der Waals surface area contributed by atoms with Crippen molar-refractivity contribution >= 4 is 17.3 Å². The molecule has 3 nitrogen and oxygen atoms in total. The minimum atomic E-state index is -0.479. The van der Waals surface area contributed by atoms with Crippen molar-refractivity contribution in [2.75, 3.05) is 11.1 Å². The molecule has 0 saturated heterocycles. The highest BCUT2D eigenvalue weighted by molar-refractivity contribution is 5.95. The third kappa shape index (κ3) is 2.72. The van der Waals surface area contributed by atoms with Crippen LogP contribution in [0.15, 0.2) is 18.2 Å². The van der Waals surface area contributed by atoms with Gasteiger partial charge in [-0.3, -0.25) is 4.79 Å². The maximum absolute atomic E-state index is 12.9. The van der Waals surface area contributed by atoms with Gasteiger partial charge in [-0.05, 0) is 24.6 Å². The van der Waals surface area contributed by atoms with E-state index in [1.54, 1.807) is 0 Å². The van der Waals surface area contributed by atoms with Crippen molar-refractivity contribution in [3.8, 4) is 0 Å². The standard InChI is InChI=1S/C12H17FN2O/c1-4-12(2,3)11(16)15-8-5-6-9(13)10(14)7-8/h5-7H,4,14H2,1-3H3,(H,15,16). The number of nitrogen functional groups attached to an aromatic ring is 1. The molecule has 0 spiro atoms. The molecule has 4 heteroatoms. The molecule has 0 fully saturated rings. The number of halogens is 1. The zero-order valence-corrected chi connectivity index (χ0v) is 9.80. The fraction of sp³-hybridized carbons (Fsp3) is 0.417. The lowest BCUT2D eigenvalue weighted by Gasteiger charge is -2.21. The number of benzene rings is 1. The third-order valence-electron chi connectivity index (χ3n) is 2.75. The average molecular weight is 224 g/mol. The molecular weight excluding hydrogens is 207 g/mol. The van der Waals surface area contributed by atoms with Crippen LogP contribution in [0.1, 0.15) is 27.2 Å². The summed E-state index contributed by atoms with van der Waals surface area (Å²) in [5, 5.41) is 2.72. The average Bonchev–Trinajstić information content (AvgIpc) is 2.23. The smallest absolute Gasteiger partial charge is 0.230 e. The molecule has 0 aromatic heterocycles. The van der Waals surface area contributed by atoms with Crippen LogP contribution in [0, 0.1) is 11.2 Å². The molecule has 0 bridgehead atoms. The van der Waals surface area contributed by atoms with Gasteiger partial charge < -0.3 is 11.1 Å². The number of rotatable bonds is 3. The highest BCUT2D eigenvalue weighted by Crippen LogP contribution is 2.23. The Bertz CT molecular complexity index is 402. The Morgan fingerprint density at radius 3 is 2.62 bits per heavy atom. The minimum absolute atomic E-state index is 0.0344. The monoisotopic (exact) mass is 224 g/mol. The molecule has 3 N–H and O–H groups in total. The molecule has 1 aromatic carbocycles. The van der Waals surface area contributed by atoms with E-state index in [0.29, 0.717) is 5.69 Å². The molecule has 0 unspecified atom stereocenters. The fourth-order valence-corrected chi connectivity index (χ4v) is 1.08. The topological polar surface area (TPSA) is 55.1 Å². The van der Waals surface area contributed by atoms with E-state index in [9.17, 15) is 9.18 Å². The molecule has 1 aromatic rings. The number of hydrogen-bond donors (Lipinski definition) is 2. The Morgan fingerprint density at radius 1 is 1.50 bits per heavy atom. The van der Waals surface area contributed by atoms with Crippen LogP contribution in [-0.4, -0.2) is 5.91 Å². The number of nitrogens with two attached hydrogens (primary N) is 1. The summed E-state index contributed by atoms with van der Waals surface area (Å²) >= 11 is 0. The second-order valence-corrected chi connectivity index (χ2v) is 4.43. The largest absolute Gasteiger partial charge is 0.396 e. The lowest BCUT2D eigenvalue weighted by Crippen LogP contribution is -2.30. The van der Waals surface area contributed by atoms with E-state index in [-0.39, 0.29) is 11.6 Å². The third-order valence-corrected chi connectivity index (χ3v) is 2.75.